The highest BCUT2D eigenvalue weighted by Crippen LogP contribution is 2.27. The molecule has 0 aliphatic heterocycles. The number of primary amides is 1. The van der Waals surface area contributed by atoms with Crippen molar-refractivity contribution in [2.75, 3.05) is 6.26 Å². The summed E-state index contributed by atoms with van der Waals surface area (Å²) in [5.41, 5.74) is 5.32. The van der Waals surface area contributed by atoms with E-state index in [4.69, 9.17) is 5.73 Å². The molecule has 3 unspecified atom stereocenters. The molecule has 1 aliphatic carbocycles. The van der Waals surface area contributed by atoms with Gasteiger partial charge in [-0.1, -0.05) is 13.3 Å². The van der Waals surface area contributed by atoms with Crippen molar-refractivity contribution in [2.24, 2.45) is 5.73 Å². The van der Waals surface area contributed by atoms with E-state index in [0.717, 1.165) is 11.7 Å². The molecule has 0 aromatic carbocycles. The van der Waals surface area contributed by atoms with Gasteiger partial charge in [-0.25, -0.2) is 0 Å². The Morgan fingerprint density at radius 3 is 2.87 bits per heavy atom. The number of rotatable bonds is 5. The molecule has 1 aliphatic rings. The molecule has 0 radical (unpaired) electrons. The van der Waals surface area contributed by atoms with E-state index >= 15 is 0 Å². The highest BCUT2D eigenvalue weighted by Gasteiger charge is 2.24. The summed E-state index contributed by atoms with van der Waals surface area (Å²) >= 11 is 1.94. The van der Waals surface area contributed by atoms with Crippen molar-refractivity contribution in [3.8, 4) is 0 Å². The summed E-state index contributed by atoms with van der Waals surface area (Å²) in [6.45, 7) is 2.00. The smallest absolute Gasteiger partial charge is 0.234 e. The van der Waals surface area contributed by atoms with E-state index in [9.17, 15) is 4.79 Å². The fourth-order valence-corrected chi connectivity index (χ4v) is 3.02. The molecule has 0 heterocycles. The summed E-state index contributed by atoms with van der Waals surface area (Å²) < 4.78 is 0. The molecule has 1 fully saturated rings. The minimum atomic E-state index is -0.219. The molecule has 4 heteroatoms. The van der Waals surface area contributed by atoms with Crippen LogP contribution in [0.1, 0.15) is 39.0 Å². The van der Waals surface area contributed by atoms with Crippen molar-refractivity contribution >= 4 is 17.7 Å². The standard InChI is InChI=1S/C11H22N2OS/c1-3-10(11(12)14)13-8-5-4-6-9(7-8)15-2/h8-10,13H,3-7H2,1-2H3,(H2,12,14). The van der Waals surface area contributed by atoms with E-state index in [1.807, 2.05) is 18.7 Å². The first-order chi connectivity index (χ1) is 7.17. The number of thioether (sulfide) groups is 1. The molecule has 3 N–H and O–H groups in total. The van der Waals surface area contributed by atoms with E-state index in [-0.39, 0.29) is 11.9 Å². The zero-order valence-electron chi connectivity index (χ0n) is 9.66. The van der Waals surface area contributed by atoms with Crippen LogP contribution in [0.4, 0.5) is 0 Å². The Hall–Kier alpha value is -0.220. The first-order valence-corrected chi connectivity index (χ1v) is 7.04. The first-order valence-electron chi connectivity index (χ1n) is 5.75. The minimum absolute atomic E-state index is 0.143. The quantitative estimate of drug-likeness (QED) is 0.753. The lowest BCUT2D eigenvalue weighted by molar-refractivity contribution is -0.120. The number of nitrogens with two attached hydrogens (primary N) is 1. The molecule has 3 nitrogen and oxygen atoms in total. The van der Waals surface area contributed by atoms with Crippen LogP contribution in [0.3, 0.4) is 0 Å². The molecular weight excluding hydrogens is 208 g/mol. The summed E-state index contributed by atoms with van der Waals surface area (Å²) in [6.07, 6.45) is 7.88. The van der Waals surface area contributed by atoms with Gasteiger partial charge in [0.05, 0.1) is 6.04 Å². The second kappa shape index (κ2) is 6.38. The van der Waals surface area contributed by atoms with Gasteiger partial charge in [0.25, 0.3) is 0 Å². The van der Waals surface area contributed by atoms with Crippen molar-refractivity contribution in [2.45, 2.75) is 56.4 Å². The van der Waals surface area contributed by atoms with Crippen LogP contribution in [0.15, 0.2) is 0 Å². The zero-order valence-corrected chi connectivity index (χ0v) is 10.5. The Kier molecular flexibility index (Phi) is 5.47. The average molecular weight is 230 g/mol. The summed E-state index contributed by atoms with van der Waals surface area (Å²) in [6, 6.07) is 0.337. The lowest BCUT2D eigenvalue weighted by Gasteiger charge is -2.31. The van der Waals surface area contributed by atoms with Gasteiger partial charge in [0, 0.05) is 11.3 Å². The van der Waals surface area contributed by atoms with Gasteiger partial charge >= 0.3 is 0 Å². The van der Waals surface area contributed by atoms with Crippen molar-refractivity contribution in [1.29, 1.82) is 0 Å². The van der Waals surface area contributed by atoms with Gasteiger partial charge in [-0.3, -0.25) is 4.79 Å². The van der Waals surface area contributed by atoms with Crippen LogP contribution in [0.5, 0.6) is 0 Å². The van der Waals surface area contributed by atoms with Crippen LogP contribution in [-0.4, -0.2) is 29.5 Å². The van der Waals surface area contributed by atoms with Gasteiger partial charge in [0.15, 0.2) is 0 Å². The monoisotopic (exact) mass is 230 g/mol. The summed E-state index contributed by atoms with van der Waals surface area (Å²) in [5, 5.41) is 4.13. The highest BCUT2D eigenvalue weighted by molar-refractivity contribution is 7.99. The molecule has 1 saturated carbocycles. The fraction of sp³-hybridized carbons (Fsp3) is 0.909. The van der Waals surface area contributed by atoms with Crippen molar-refractivity contribution in [1.82, 2.24) is 5.32 Å². The predicted octanol–water partition coefficient (Wildman–Crippen LogP) is 1.51. The van der Waals surface area contributed by atoms with Gasteiger partial charge in [-0.15, -0.1) is 0 Å². The second-order valence-electron chi connectivity index (χ2n) is 4.25. The van der Waals surface area contributed by atoms with Gasteiger partial charge < -0.3 is 11.1 Å². The Morgan fingerprint density at radius 2 is 2.33 bits per heavy atom. The third-order valence-corrected chi connectivity index (χ3v) is 4.24. The average Bonchev–Trinajstić information content (AvgIpc) is 2.25. The molecule has 88 valence electrons. The number of hydrogen-bond acceptors (Lipinski definition) is 3. The molecule has 0 bridgehead atoms. The molecule has 3 atom stereocenters. The molecular formula is C11H22N2OS. The third-order valence-electron chi connectivity index (χ3n) is 3.15. The number of nitrogens with one attached hydrogen (secondary N) is 1. The van der Waals surface area contributed by atoms with Crippen LogP contribution in [-0.2, 0) is 4.79 Å². The third kappa shape index (κ3) is 4.03. The van der Waals surface area contributed by atoms with Gasteiger partial charge in [0.1, 0.15) is 0 Å². The zero-order chi connectivity index (χ0) is 11.3. The summed E-state index contributed by atoms with van der Waals surface area (Å²) in [5.74, 6) is -0.219. The molecule has 1 amide bonds. The fourth-order valence-electron chi connectivity index (χ4n) is 2.20. The van der Waals surface area contributed by atoms with E-state index in [1.54, 1.807) is 0 Å². The first kappa shape index (κ1) is 12.8. The maximum absolute atomic E-state index is 11.1. The van der Waals surface area contributed by atoms with E-state index in [2.05, 4.69) is 11.6 Å². The largest absolute Gasteiger partial charge is 0.368 e. The van der Waals surface area contributed by atoms with E-state index in [1.165, 1.54) is 25.7 Å². The molecule has 0 aromatic rings. The van der Waals surface area contributed by atoms with Crippen LogP contribution in [0, 0.1) is 0 Å². The van der Waals surface area contributed by atoms with Crippen LogP contribution in [0.2, 0.25) is 0 Å². The van der Waals surface area contributed by atoms with E-state index in [0.29, 0.717) is 6.04 Å². The predicted molar refractivity (Wildman–Crippen MR) is 66.0 cm³/mol. The normalized spacial score (nSPS) is 28.7. The van der Waals surface area contributed by atoms with Crippen molar-refractivity contribution in [3.63, 3.8) is 0 Å². The van der Waals surface area contributed by atoms with Crippen LogP contribution in [0.25, 0.3) is 0 Å². The van der Waals surface area contributed by atoms with Crippen LogP contribution >= 0.6 is 11.8 Å². The Bertz CT molecular complexity index is 211. The SMILES string of the molecule is CCC(NC1CCCC(SC)C1)C(N)=O. The molecule has 0 aromatic heterocycles. The van der Waals surface area contributed by atoms with Gasteiger partial charge in [0.2, 0.25) is 5.91 Å². The van der Waals surface area contributed by atoms with E-state index < -0.39 is 0 Å². The van der Waals surface area contributed by atoms with Gasteiger partial charge in [-0.2, -0.15) is 11.8 Å². The topological polar surface area (TPSA) is 55.1 Å². The van der Waals surface area contributed by atoms with Crippen LogP contribution < -0.4 is 11.1 Å². The summed E-state index contributed by atoms with van der Waals surface area (Å²) in [4.78, 5) is 11.1. The Labute approximate surface area is 96.6 Å². The molecule has 0 spiro atoms. The summed E-state index contributed by atoms with van der Waals surface area (Å²) in [7, 11) is 0. The number of hydrogen-bond donors (Lipinski definition) is 2. The Balaban J connectivity index is 2.39. The molecule has 0 saturated heterocycles. The van der Waals surface area contributed by atoms with Gasteiger partial charge in [-0.05, 0) is 31.9 Å². The number of amides is 1. The molecule has 1 rings (SSSR count). The number of carbonyl (C=O) groups excluding carboxylic acids is 1. The highest BCUT2D eigenvalue weighted by atomic mass is 32.2. The molecule has 15 heavy (non-hydrogen) atoms. The maximum atomic E-state index is 11.1. The maximum Gasteiger partial charge on any atom is 0.234 e. The number of carbonyl (C=O) groups is 1. The van der Waals surface area contributed by atoms with Crippen molar-refractivity contribution < 1.29 is 4.79 Å². The Morgan fingerprint density at radius 1 is 1.60 bits per heavy atom. The van der Waals surface area contributed by atoms with Crippen molar-refractivity contribution in [3.05, 3.63) is 0 Å². The minimum Gasteiger partial charge on any atom is -0.368 e. The second-order valence-corrected chi connectivity index (χ2v) is 5.39. The lowest BCUT2D eigenvalue weighted by Crippen LogP contribution is -2.47. The lowest BCUT2D eigenvalue weighted by atomic mass is 9.94.